The maximum absolute atomic E-state index is 13.3. The highest BCUT2D eigenvalue weighted by Gasteiger charge is 2.46. The molecule has 168 valence electrons. The van der Waals surface area contributed by atoms with E-state index in [1.807, 2.05) is 34.8 Å². The van der Waals surface area contributed by atoms with Crippen molar-refractivity contribution in [1.29, 1.82) is 0 Å². The van der Waals surface area contributed by atoms with Gasteiger partial charge < -0.3 is 19.8 Å². The molecule has 4 aromatic rings. The lowest BCUT2D eigenvalue weighted by Gasteiger charge is -2.27. The molecule has 0 unspecified atom stereocenters. The number of piperidine rings is 1. The fraction of sp³-hybridized carbons (Fsp3) is 0.440. The summed E-state index contributed by atoms with van der Waals surface area (Å²) in [6.45, 7) is 1.71. The molecule has 3 fully saturated rings. The Kier molecular flexibility index (Phi) is 4.00. The number of aryl methyl sites for hydroxylation is 1. The van der Waals surface area contributed by atoms with Crippen LogP contribution >= 0.6 is 0 Å². The first kappa shape index (κ1) is 19.2. The lowest BCUT2D eigenvalue weighted by molar-refractivity contribution is 0.0700. The monoisotopic (exact) mass is 441 g/mol. The standard InChI is InChI=1S/C25H27N7O/c1-30-23-18(9-17(11-28-23)25(33)32-13-16-6-7-19(32)21(16)26)29-24(30)20-10-15-3-2-8-27-22(15)31(20)12-14-4-5-14/h2-3,8-11,14,16,19,21H,4-7,12-13,26H2,1H3/t16-,19-,21-/m1/s1. The Labute approximate surface area is 191 Å². The second-order valence-corrected chi connectivity index (χ2v) is 10.0. The van der Waals surface area contributed by atoms with E-state index < -0.39 is 0 Å². The van der Waals surface area contributed by atoms with Crippen molar-refractivity contribution in [3.8, 4) is 11.5 Å². The zero-order chi connectivity index (χ0) is 22.3. The molecule has 1 amide bonds. The summed E-state index contributed by atoms with van der Waals surface area (Å²) in [6.07, 6.45) is 8.20. The van der Waals surface area contributed by atoms with Gasteiger partial charge in [-0.15, -0.1) is 0 Å². The minimum Gasteiger partial charge on any atom is -0.334 e. The molecule has 4 aromatic heterocycles. The normalized spacial score (nSPS) is 24.4. The van der Waals surface area contributed by atoms with Gasteiger partial charge in [-0.3, -0.25) is 4.79 Å². The molecule has 2 aliphatic carbocycles. The molecule has 7 rings (SSSR count). The lowest BCUT2D eigenvalue weighted by atomic mass is 10.1. The Bertz CT molecular complexity index is 1420. The molecule has 8 heteroatoms. The van der Waals surface area contributed by atoms with Gasteiger partial charge in [0.15, 0.2) is 11.5 Å². The van der Waals surface area contributed by atoms with Crippen LogP contribution in [0.15, 0.2) is 36.7 Å². The molecule has 3 aliphatic rings. The first-order chi connectivity index (χ1) is 16.1. The summed E-state index contributed by atoms with van der Waals surface area (Å²) in [7, 11) is 1.99. The van der Waals surface area contributed by atoms with Crippen molar-refractivity contribution in [2.45, 2.75) is 44.3 Å². The van der Waals surface area contributed by atoms with Crippen LogP contribution in [0.4, 0.5) is 0 Å². The third-order valence-corrected chi connectivity index (χ3v) is 7.89. The zero-order valence-corrected chi connectivity index (χ0v) is 18.7. The average molecular weight is 442 g/mol. The van der Waals surface area contributed by atoms with Crippen molar-refractivity contribution in [3.05, 3.63) is 42.2 Å². The van der Waals surface area contributed by atoms with Crippen molar-refractivity contribution >= 4 is 28.1 Å². The topological polar surface area (TPSA) is 94.9 Å². The van der Waals surface area contributed by atoms with Crippen molar-refractivity contribution < 1.29 is 4.79 Å². The number of hydrogen-bond donors (Lipinski definition) is 1. The SMILES string of the molecule is Cn1c(-c2cc3cccnc3n2CC2CC2)nc2cc(C(=O)N3C[C@H]4CC[C@@H]3[C@@H]4N)cnc21. The van der Waals surface area contributed by atoms with Gasteiger partial charge in [-0.1, -0.05) is 0 Å². The first-order valence-corrected chi connectivity index (χ1v) is 11.9. The van der Waals surface area contributed by atoms with Gasteiger partial charge >= 0.3 is 0 Å². The summed E-state index contributed by atoms with van der Waals surface area (Å²) in [5.41, 5.74) is 10.5. The third kappa shape index (κ3) is 2.86. The average Bonchev–Trinajstić information content (AvgIpc) is 3.24. The number of pyridine rings is 2. The summed E-state index contributed by atoms with van der Waals surface area (Å²) in [4.78, 5) is 29.5. The van der Waals surface area contributed by atoms with E-state index >= 15 is 0 Å². The zero-order valence-electron chi connectivity index (χ0n) is 18.7. The van der Waals surface area contributed by atoms with E-state index in [0.717, 1.165) is 59.6 Å². The number of nitrogens with two attached hydrogens (primary N) is 1. The number of hydrogen-bond acceptors (Lipinski definition) is 5. The van der Waals surface area contributed by atoms with Crippen LogP contribution in [0.2, 0.25) is 0 Å². The molecule has 3 atom stereocenters. The van der Waals surface area contributed by atoms with Crippen LogP contribution in [0.1, 0.15) is 36.0 Å². The maximum Gasteiger partial charge on any atom is 0.255 e. The molecule has 0 aromatic carbocycles. The highest BCUT2D eigenvalue weighted by Crippen LogP contribution is 2.38. The van der Waals surface area contributed by atoms with Crippen LogP contribution in [0.3, 0.4) is 0 Å². The van der Waals surface area contributed by atoms with Crippen LogP contribution in [0.25, 0.3) is 33.7 Å². The second-order valence-electron chi connectivity index (χ2n) is 10.0. The van der Waals surface area contributed by atoms with Gasteiger partial charge in [-0.25, -0.2) is 15.0 Å². The van der Waals surface area contributed by atoms with Crippen LogP contribution < -0.4 is 5.73 Å². The molecule has 1 aliphatic heterocycles. The van der Waals surface area contributed by atoms with Gasteiger partial charge in [0.05, 0.1) is 11.3 Å². The molecule has 0 spiro atoms. The molecule has 2 saturated carbocycles. The number of amides is 1. The van der Waals surface area contributed by atoms with Crippen molar-refractivity contribution in [2.75, 3.05) is 6.54 Å². The number of rotatable bonds is 4. The summed E-state index contributed by atoms with van der Waals surface area (Å²) in [6, 6.07) is 8.38. The summed E-state index contributed by atoms with van der Waals surface area (Å²) >= 11 is 0. The van der Waals surface area contributed by atoms with Gasteiger partial charge in [-0.05, 0) is 61.8 Å². The van der Waals surface area contributed by atoms with Crippen LogP contribution in [-0.2, 0) is 13.6 Å². The van der Waals surface area contributed by atoms with E-state index in [1.165, 1.54) is 12.8 Å². The Morgan fingerprint density at radius 3 is 2.79 bits per heavy atom. The fourth-order valence-corrected chi connectivity index (χ4v) is 5.89. The molecular weight excluding hydrogens is 414 g/mol. The Morgan fingerprint density at radius 2 is 2.03 bits per heavy atom. The molecular formula is C25H27N7O. The number of fused-ring (bicyclic) bond motifs is 4. The molecule has 33 heavy (non-hydrogen) atoms. The van der Waals surface area contributed by atoms with Crippen LogP contribution in [0.5, 0.6) is 0 Å². The van der Waals surface area contributed by atoms with Crippen LogP contribution in [0, 0.1) is 11.8 Å². The Hall–Kier alpha value is -3.26. The number of imidazole rings is 1. The fourth-order valence-electron chi connectivity index (χ4n) is 5.89. The molecule has 5 heterocycles. The molecule has 2 N–H and O–H groups in total. The minimum absolute atomic E-state index is 0.0197. The smallest absolute Gasteiger partial charge is 0.255 e. The Balaban J connectivity index is 1.30. The predicted molar refractivity (Wildman–Crippen MR) is 125 cm³/mol. The molecule has 1 saturated heterocycles. The van der Waals surface area contributed by atoms with Gasteiger partial charge in [-0.2, -0.15) is 0 Å². The molecule has 0 radical (unpaired) electrons. The Morgan fingerprint density at radius 1 is 1.15 bits per heavy atom. The number of carbonyl (C=O) groups excluding carboxylic acids is 1. The molecule has 2 bridgehead atoms. The van der Waals surface area contributed by atoms with E-state index in [4.69, 9.17) is 10.7 Å². The number of carbonyl (C=O) groups is 1. The van der Waals surface area contributed by atoms with E-state index in [2.05, 4.69) is 26.7 Å². The van der Waals surface area contributed by atoms with Crippen molar-refractivity contribution in [3.63, 3.8) is 0 Å². The lowest BCUT2D eigenvalue weighted by Crippen LogP contribution is -2.41. The number of aromatic nitrogens is 5. The van der Waals surface area contributed by atoms with Gasteiger partial charge in [0, 0.05) is 50.0 Å². The van der Waals surface area contributed by atoms with Gasteiger partial charge in [0.25, 0.3) is 5.91 Å². The number of likely N-dealkylation sites (tertiary alicyclic amines) is 1. The van der Waals surface area contributed by atoms with E-state index in [1.54, 1.807) is 6.20 Å². The first-order valence-electron chi connectivity index (χ1n) is 11.9. The van der Waals surface area contributed by atoms with E-state index in [0.29, 0.717) is 17.4 Å². The maximum atomic E-state index is 13.3. The second kappa shape index (κ2) is 6.87. The summed E-state index contributed by atoms with van der Waals surface area (Å²) in [5, 5.41) is 1.12. The van der Waals surface area contributed by atoms with Crippen molar-refractivity contribution in [2.24, 2.45) is 24.6 Å². The van der Waals surface area contributed by atoms with Crippen molar-refractivity contribution in [1.82, 2.24) is 29.0 Å². The number of nitrogens with zero attached hydrogens (tertiary/aromatic N) is 6. The largest absolute Gasteiger partial charge is 0.334 e. The summed E-state index contributed by atoms with van der Waals surface area (Å²) < 4.78 is 4.32. The third-order valence-electron chi connectivity index (χ3n) is 7.89. The highest BCUT2D eigenvalue weighted by molar-refractivity contribution is 5.97. The van der Waals surface area contributed by atoms with E-state index in [-0.39, 0.29) is 18.0 Å². The molecule has 8 nitrogen and oxygen atoms in total. The minimum atomic E-state index is 0.0197. The quantitative estimate of drug-likeness (QED) is 0.525. The predicted octanol–water partition coefficient (Wildman–Crippen LogP) is 2.96. The highest BCUT2D eigenvalue weighted by atomic mass is 16.2. The van der Waals surface area contributed by atoms with Gasteiger partial charge in [0.2, 0.25) is 0 Å². The van der Waals surface area contributed by atoms with E-state index in [9.17, 15) is 4.79 Å². The summed E-state index contributed by atoms with van der Waals surface area (Å²) in [5.74, 6) is 2.01. The van der Waals surface area contributed by atoms with Crippen LogP contribution in [-0.4, -0.2) is 53.5 Å². The van der Waals surface area contributed by atoms with Gasteiger partial charge in [0.1, 0.15) is 11.2 Å².